The van der Waals surface area contributed by atoms with Gasteiger partial charge in [-0.15, -0.1) is 11.3 Å². The average molecular weight is 440 g/mol. The predicted octanol–water partition coefficient (Wildman–Crippen LogP) is 5.28. The second-order valence-corrected chi connectivity index (χ2v) is 7.29. The Morgan fingerprint density at radius 3 is 2.47 bits per heavy atom. The van der Waals surface area contributed by atoms with Crippen LogP contribution in [0.25, 0.3) is 0 Å². The van der Waals surface area contributed by atoms with E-state index in [1.807, 2.05) is 12.1 Å². The number of halogens is 3. The van der Waals surface area contributed by atoms with Gasteiger partial charge in [-0.05, 0) is 45.1 Å². The van der Waals surface area contributed by atoms with Crippen molar-refractivity contribution in [2.45, 2.75) is 12.5 Å². The summed E-state index contributed by atoms with van der Waals surface area (Å²) >= 11 is 12.3. The monoisotopic (exact) mass is 437 g/mol. The van der Waals surface area contributed by atoms with Gasteiger partial charge in [0, 0.05) is 30.8 Å². The zero-order valence-corrected chi connectivity index (χ0v) is 14.4. The van der Waals surface area contributed by atoms with Gasteiger partial charge in [-0.1, -0.05) is 37.9 Å². The van der Waals surface area contributed by atoms with Crippen molar-refractivity contribution in [1.82, 2.24) is 0 Å². The van der Waals surface area contributed by atoms with Crippen LogP contribution < -0.4 is 5.73 Å². The van der Waals surface area contributed by atoms with Crippen LogP contribution in [0.15, 0.2) is 43.1 Å². The van der Waals surface area contributed by atoms with E-state index in [1.165, 1.54) is 4.88 Å². The van der Waals surface area contributed by atoms with Gasteiger partial charge in [-0.25, -0.2) is 0 Å². The number of hydrogen-bond acceptors (Lipinski definition) is 2. The van der Waals surface area contributed by atoms with Gasteiger partial charge >= 0.3 is 0 Å². The first-order chi connectivity index (χ1) is 8.08. The third kappa shape index (κ3) is 3.41. The molecule has 0 fully saturated rings. The van der Waals surface area contributed by atoms with E-state index < -0.39 is 0 Å². The maximum Gasteiger partial charge on any atom is 0.0355 e. The third-order valence-corrected chi connectivity index (χ3v) is 5.59. The standard InChI is InChI=1S/C12H10Br3NS/c13-7-1-2-8(10(15)5-7)11(16)6-12-9(14)3-4-17-12/h1-5,11H,6,16H2. The summed E-state index contributed by atoms with van der Waals surface area (Å²) in [5.41, 5.74) is 7.38. The third-order valence-electron chi connectivity index (χ3n) is 2.46. The Kier molecular flexibility index (Phi) is 4.83. The molecule has 0 saturated carbocycles. The topological polar surface area (TPSA) is 26.0 Å². The van der Waals surface area contributed by atoms with Gasteiger partial charge in [0.15, 0.2) is 0 Å². The molecule has 2 aromatic rings. The predicted molar refractivity (Wildman–Crippen MR) is 84.5 cm³/mol. The van der Waals surface area contributed by atoms with Crippen LogP contribution in [0, 0.1) is 0 Å². The quantitative estimate of drug-likeness (QED) is 0.691. The molecule has 1 aromatic carbocycles. The van der Waals surface area contributed by atoms with Crippen LogP contribution in [-0.2, 0) is 6.42 Å². The second kappa shape index (κ2) is 5.97. The second-order valence-electron chi connectivity index (χ2n) is 3.67. The van der Waals surface area contributed by atoms with Gasteiger partial charge in [-0.2, -0.15) is 0 Å². The smallest absolute Gasteiger partial charge is 0.0355 e. The molecule has 2 N–H and O–H groups in total. The van der Waals surface area contributed by atoms with E-state index in [4.69, 9.17) is 5.73 Å². The number of rotatable bonds is 3. The summed E-state index contributed by atoms with van der Waals surface area (Å²) in [4.78, 5) is 1.28. The molecular weight excluding hydrogens is 430 g/mol. The molecule has 2 rings (SSSR count). The highest BCUT2D eigenvalue weighted by molar-refractivity contribution is 9.11. The van der Waals surface area contributed by atoms with Crippen LogP contribution >= 0.6 is 59.1 Å². The molecule has 0 spiro atoms. The molecule has 1 aromatic heterocycles. The molecule has 1 unspecified atom stereocenters. The fraction of sp³-hybridized carbons (Fsp3) is 0.167. The Bertz CT molecular complexity index is 524. The summed E-state index contributed by atoms with van der Waals surface area (Å²) in [7, 11) is 0. The van der Waals surface area contributed by atoms with E-state index in [-0.39, 0.29) is 6.04 Å². The van der Waals surface area contributed by atoms with Crippen molar-refractivity contribution in [3.05, 3.63) is 53.5 Å². The minimum atomic E-state index is 0.00687. The van der Waals surface area contributed by atoms with E-state index in [1.54, 1.807) is 11.3 Å². The van der Waals surface area contributed by atoms with Crippen LogP contribution in [0.4, 0.5) is 0 Å². The molecule has 5 heteroatoms. The van der Waals surface area contributed by atoms with Crippen LogP contribution in [0.1, 0.15) is 16.5 Å². The maximum atomic E-state index is 6.25. The van der Waals surface area contributed by atoms with Crippen LogP contribution in [0.3, 0.4) is 0 Å². The highest BCUT2D eigenvalue weighted by Crippen LogP contribution is 2.31. The first-order valence-electron chi connectivity index (χ1n) is 5.00. The number of hydrogen-bond donors (Lipinski definition) is 1. The van der Waals surface area contributed by atoms with Gasteiger partial charge in [0.05, 0.1) is 0 Å². The van der Waals surface area contributed by atoms with E-state index >= 15 is 0 Å². The van der Waals surface area contributed by atoms with Crippen molar-refractivity contribution >= 4 is 59.1 Å². The fourth-order valence-corrected chi connectivity index (χ4v) is 4.50. The molecular formula is C12H10Br3NS. The van der Waals surface area contributed by atoms with Crippen molar-refractivity contribution in [2.75, 3.05) is 0 Å². The molecule has 1 atom stereocenters. The fourth-order valence-electron chi connectivity index (χ4n) is 1.58. The van der Waals surface area contributed by atoms with Crippen molar-refractivity contribution < 1.29 is 0 Å². The Morgan fingerprint density at radius 1 is 1.12 bits per heavy atom. The first kappa shape index (κ1) is 13.7. The lowest BCUT2D eigenvalue weighted by atomic mass is 10.0. The molecule has 0 aliphatic carbocycles. The minimum absolute atomic E-state index is 0.00687. The Morgan fingerprint density at radius 2 is 1.88 bits per heavy atom. The molecule has 1 nitrogen and oxygen atoms in total. The first-order valence-corrected chi connectivity index (χ1v) is 8.26. The summed E-state index contributed by atoms with van der Waals surface area (Å²) < 4.78 is 3.25. The average Bonchev–Trinajstić information content (AvgIpc) is 2.64. The number of benzene rings is 1. The molecule has 0 aliphatic rings. The Balaban J connectivity index is 2.20. The summed E-state index contributed by atoms with van der Waals surface area (Å²) in [6.45, 7) is 0. The van der Waals surface area contributed by atoms with Crippen molar-refractivity contribution in [3.63, 3.8) is 0 Å². The molecule has 0 saturated heterocycles. The SMILES string of the molecule is NC(Cc1sccc1Br)c1ccc(Br)cc1Br. The summed E-state index contributed by atoms with van der Waals surface area (Å²) in [5, 5.41) is 2.07. The highest BCUT2D eigenvalue weighted by atomic mass is 79.9. The summed E-state index contributed by atoms with van der Waals surface area (Å²) in [6.07, 6.45) is 0.846. The summed E-state index contributed by atoms with van der Waals surface area (Å²) in [5.74, 6) is 0. The molecule has 1 heterocycles. The van der Waals surface area contributed by atoms with Crippen molar-refractivity contribution in [1.29, 1.82) is 0 Å². The van der Waals surface area contributed by atoms with Gasteiger partial charge in [-0.3, -0.25) is 0 Å². The highest BCUT2D eigenvalue weighted by Gasteiger charge is 2.13. The van der Waals surface area contributed by atoms with Crippen LogP contribution in [0.2, 0.25) is 0 Å². The van der Waals surface area contributed by atoms with E-state index in [9.17, 15) is 0 Å². The van der Waals surface area contributed by atoms with Crippen molar-refractivity contribution in [2.24, 2.45) is 5.73 Å². The molecule has 0 bridgehead atoms. The molecule has 0 amide bonds. The van der Waals surface area contributed by atoms with Gasteiger partial charge in [0.25, 0.3) is 0 Å². The van der Waals surface area contributed by atoms with Crippen LogP contribution in [-0.4, -0.2) is 0 Å². The zero-order valence-electron chi connectivity index (χ0n) is 8.79. The molecule has 0 radical (unpaired) electrons. The lowest BCUT2D eigenvalue weighted by Gasteiger charge is -2.13. The van der Waals surface area contributed by atoms with Gasteiger partial charge < -0.3 is 5.73 Å². The summed E-state index contributed by atoms with van der Waals surface area (Å²) in [6, 6.07) is 8.17. The number of thiophene rings is 1. The maximum absolute atomic E-state index is 6.25. The van der Waals surface area contributed by atoms with E-state index in [0.717, 1.165) is 25.4 Å². The zero-order chi connectivity index (χ0) is 12.4. The Hall–Kier alpha value is 0.320. The lowest BCUT2D eigenvalue weighted by molar-refractivity contribution is 0.725. The largest absolute Gasteiger partial charge is 0.324 e. The van der Waals surface area contributed by atoms with Gasteiger partial charge in [0.2, 0.25) is 0 Å². The minimum Gasteiger partial charge on any atom is -0.324 e. The van der Waals surface area contributed by atoms with E-state index in [0.29, 0.717) is 0 Å². The molecule has 90 valence electrons. The number of nitrogens with two attached hydrogens (primary N) is 1. The Labute approximate surface area is 130 Å². The van der Waals surface area contributed by atoms with E-state index in [2.05, 4.69) is 65.3 Å². The molecule has 0 aliphatic heterocycles. The van der Waals surface area contributed by atoms with Crippen LogP contribution in [0.5, 0.6) is 0 Å². The molecule has 17 heavy (non-hydrogen) atoms. The lowest BCUT2D eigenvalue weighted by Crippen LogP contribution is -2.13. The normalized spacial score (nSPS) is 12.7. The van der Waals surface area contributed by atoms with Gasteiger partial charge in [0.1, 0.15) is 0 Å². The van der Waals surface area contributed by atoms with Crippen molar-refractivity contribution in [3.8, 4) is 0 Å².